The largest absolute Gasteiger partial charge is 0.369 e. The van der Waals surface area contributed by atoms with Crippen LogP contribution in [0.25, 0.3) is 27.1 Å². The van der Waals surface area contributed by atoms with Crippen molar-refractivity contribution in [3.63, 3.8) is 0 Å². The fourth-order valence-electron chi connectivity index (χ4n) is 9.07. The number of nitrogens with zero attached hydrogens (tertiary/aromatic N) is 8. The molecule has 0 bridgehead atoms. The zero-order chi connectivity index (χ0) is 42.0. The summed E-state index contributed by atoms with van der Waals surface area (Å²) in [5.41, 5.74) is 4.93. The highest BCUT2D eigenvalue weighted by atomic mass is 16.2. The van der Waals surface area contributed by atoms with Crippen LogP contribution in [0.3, 0.4) is 0 Å². The second-order valence-electron chi connectivity index (χ2n) is 16.1. The molecule has 2 atom stereocenters. The Balaban J connectivity index is 0.745. The van der Waals surface area contributed by atoms with E-state index in [1.807, 2.05) is 47.5 Å². The molecular formula is C44H46N12O5. The van der Waals surface area contributed by atoms with Gasteiger partial charge in [0.05, 0.1) is 23.0 Å². The summed E-state index contributed by atoms with van der Waals surface area (Å²) in [6.07, 6.45) is 11.2. The Morgan fingerprint density at radius 2 is 1.72 bits per heavy atom. The van der Waals surface area contributed by atoms with E-state index in [0.29, 0.717) is 36.2 Å². The molecule has 2 aromatic carbocycles. The molecule has 9 rings (SSSR count). The van der Waals surface area contributed by atoms with Gasteiger partial charge in [-0.05, 0) is 86.7 Å². The number of H-pyrrole nitrogens is 1. The zero-order valence-electron chi connectivity index (χ0n) is 33.6. The number of imide groups is 2. The van der Waals surface area contributed by atoms with Crippen molar-refractivity contribution in [1.82, 2.24) is 45.2 Å². The summed E-state index contributed by atoms with van der Waals surface area (Å²) in [6.45, 7) is 12.3. The standard InChI is InChI=1S/C44H46N12O5/c1-45-25-36(27-5-2-3-6-27)55-26-29(24-48-55)38-33-15-17-46-39(33)52-44(51-38)49-30-9-7-28(8-10-30)40(58)47-16-4-18-53-19-21-54(22-20-53)31-11-12-32-34(23-31)43(61)56(42(32)60)35-13-14-37(57)50-41(35)59/h7-12,15,17,23-24,26-27,35-36H,2-6,13-14,16,18-22,25H2,(H,47,58)(H,50,57,59)(H2,46,49,51,52)/t35?,36-/m0/s1. The number of hydrogen-bond donors (Lipinski definition) is 4. The molecule has 3 aromatic heterocycles. The molecule has 3 aliphatic heterocycles. The summed E-state index contributed by atoms with van der Waals surface area (Å²) in [4.78, 5) is 85.4. The third-order valence-corrected chi connectivity index (χ3v) is 12.4. The molecule has 17 nitrogen and oxygen atoms in total. The minimum atomic E-state index is -0.992. The van der Waals surface area contributed by atoms with Crippen LogP contribution in [-0.2, 0) is 9.59 Å². The lowest BCUT2D eigenvalue weighted by atomic mass is 9.98. The van der Waals surface area contributed by atoms with Crippen molar-refractivity contribution < 1.29 is 24.0 Å². The lowest BCUT2D eigenvalue weighted by Crippen LogP contribution is -2.54. The van der Waals surface area contributed by atoms with Gasteiger partial charge in [-0.15, -0.1) is 0 Å². The molecule has 1 saturated carbocycles. The summed E-state index contributed by atoms with van der Waals surface area (Å²) in [5.74, 6) is -1.35. The average molecular weight is 823 g/mol. The van der Waals surface area contributed by atoms with Gasteiger partial charge < -0.3 is 25.4 Å². The van der Waals surface area contributed by atoms with Gasteiger partial charge >= 0.3 is 0 Å². The highest BCUT2D eigenvalue weighted by molar-refractivity contribution is 6.23. The van der Waals surface area contributed by atoms with Crippen molar-refractivity contribution in [3.05, 3.63) is 95.2 Å². The van der Waals surface area contributed by atoms with E-state index in [1.165, 1.54) is 12.8 Å². The van der Waals surface area contributed by atoms with Crippen molar-refractivity contribution in [2.75, 3.05) is 56.0 Å². The molecule has 4 N–H and O–H groups in total. The molecule has 1 unspecified atom stereocenters. The van der Waals surface area contributed by atoms with Crippen LogP contribution < -0.4 is 20.9 Å². The maximum atomic E-state index is 13.3. The van der Waals surface area contributed by atoms with Gasteiger partial charge in [0.2, 0.25) is 24.3 Å². The molecule has 61 heavy (non-hydrogen) atoms. The van der Waals surface area contributed by atoms with E-state index in [1.54, 1.807) is 24.3 Å². The van der Waals surface area contributed by atoms with E-state index in [2.05, 4.69) is 45.7 Å². The minimum Gasteiger partial charge on any atom is -0.369 e. The average Bonchev–Trinajstić information content (AvgIpc) is 4.11. The summed E-state index contributed by atoms with van der Waals surface area (Å²) >= 11 is 0. The zero-order valence-corrected chi connectivity index (χ0v) is 33.6. The first-order chi connectivity index (χ1) is 29.7. The number of carbonyl (C=O) groups is 5. The van der Waals surface area contributed by atoms with Gasteiger partial charge in [-0.1, -0.05) is 12.8 Å². The number of amides is 5. The van der Waals surface area contributed by atoms with Crippen molar-refractivity contribution >= 4 is 57.9 Å². The van der Waals surface area contributed by atoms with Crippen LogP contribution in [0, 0.1) is 12.5 Å². The molecule has 0 spiro atoms. The quantitative estimate of drug-likeness (QED) is 0.0739. The highest BCUT2D eigenvalue weighted by Crippen LogP contribution is 2.36. The molecule has 5 amide bonds. The normalized spacial score (nSPS) is 19.0. The van der Waals surface area contributed by atoms with Gasteiger partial charge in [-0.25, -0.2) is 11.6 Å². The maximum absolute atomic E-state index is 13.3. The number of nitrogens with one attached hydrogen (secondary N) is 4. The fourth-order valence-corrected chi connectivity index (χ4v) is 9.07. The number of anilines is 3. The number of aromatic nitrogens is 5. The number of hydrogen-bond acceptors (Lipinski definition) is 11. The van der Waals surface area contributed by atoms with Crippen molar-refractivity contribution in [2.45, 2.75) is 57.0 Å². The third kappa shape index (κ3) is 8.06. The lowest BCUT2D eigenvalue weighted by Gasteiger charge is -2.36. The first-order valence-electron chi connectivity index (χ1n) is 20.9. The Hall–Kier alpha value is -6.93. The van der Waals surface area contributed by atoms with Crippen LogP contribution in [0.4, 0.5) is 17.3 Å². The first-order valence-corrected chi connectivity index (χ1v) is 20.9. The predicted octanol–water partition coefficient (Wildman–Crippen LogP) is 4.56. The molecule has 5 aromatic rings. The van der Waals surface area contributed by atoms with Gasteiger partial charge in [0.1, 0.15) is 17.7 Å². The van der Waals surface area contributed by atoms with Crippen LogP contribution in [0.15, 0.2) is 67.1 Å². The molecule has 6 heterocycles. The fraction of sp³-hybridized carbons (Fsp3) is 0.386. The van der Waals surface area contributed by atoms with Crippen LogP contribution in [0.5, 0.6) is 0 Å². The predicted molar refractivity (Wildman–Crippen MR) is 226 cm³/mol. The van der Waals surface area contributed by atoms with E-state index in [-0.39, 0.29) is 35.9 Å². The number of piperazine rings is 1. The summed E-state index contributed by atoms with van der Waals surface area (Å²) < 4.78 is 1.94. The maximum Gasteiger partial charge on any atom is 0.262 e. The van der Waals surface area contributed by atoms with E-state index < -0.39 is 29.7 Å². The van der Waals surface area contributed by atoms with E-state index in [4.69, 9.17) is 11.6 Å². The number of rotatable bonds is 13. The monoisotopic (exact) mass is 822 g/mol. The number of benzene rings is 2. The van der Waals surface area contributed by atoms with Crippen LogP contribution in [0.2, 0.25) is 0 Å². The molecule has 2 saturated heterocycles. The van der Waals surface area contributed by atoms with E-state index >= 15 is 0 Å². The van der Waals surface area contributed by atoms with E-state index in [0.717, 1.165) is 84.9 Å². The molecule has 3 fully saturated rings. The summed E-state index contributed by atoms with van der Waals surface area (Å²) in [7, 11) is 0. The van der Waals surface area contributed by atoms with Crippen molar-refractivity contribution in [1.29, 1.82) is 0 Å². The molecule has 4 aliphatic rings. The molecular weight excluding hydrogens is 777 g/mol. The smallest absolute Gasteiger partial charge is 0.262 e. The van der Waals surface area contributed by atoms with Crippen LogP contribution >= 0.6 is 0 Å². The van der Waals surface area contributed by atoms with Gasteiger partial charge in [-0.3, -0.25) is 43.8 Å². The van der Waals surface area contributed by atoms with Crippen LogP contribution in [0.1, 0.15) is 82.1 Å². The Kier molecular flexibility index (Phi) is 11.0. The molecule has 1 aliphatic carbocycles. The second kappa shape index (κ2) is 17.0. The summed E-state index contributed by atoms with van der Waals surface area (Å²) in [6, 6.07) is 13.4. The minimum absolute atomic E-state index is 0.0482. The van der Waals surface area contributed by atoms with Crippen molar-refractivity contribution in [3.8, 4) is 11.3 Å². The number of fused-ring (bicyclic) bond motifs is 2. The Bertz CT molecular complexity index is 2540. The van der Waals surface area contributed by atoms with Crippen LogP contribution in [-0.4, -0.2) is 116 Å². The number of piperidine rings is 1. The van der Waals surface area contributed by atoms with E-state index in [9.17, 15) is 24.0 Å². The first kappa shape index (κ1) is 39.5. The molecule has 312 valence electrons. The Labute approximate surface area is 351 Å². The van der Waals surface area contributed by atoms with Gasteiger partial charge in [0.15, 0.2) is 0 Å². The highest BCUT2D eigenvalue weighted by Gasteiger charge is 2.45. The number of aromatic amines is 1. The summed E-state index contributed by atoms with van der Waals surface area (Å²) in [5, 5.41) is 14.1. The second-order valence-corrected chi connectivity index (χ2v) is 16.1. The van der Waals surface area contributed by atoms with Gasteiger partial charge in [0, 0.05) is 79.4 Å². The topological polar surface area (TPSA) is 195 Å². The lowest BCUT2D eigenvalue weighted by molar-refractivity contribution is -0.136. The Morgan fingerprint density at radius 3 is 2.49 bits per heavy atom. The third-order valence-electron chi connectivity index (χ3n) is 12.4. The van der Waals surface area contributed by atoms with Crippen molar-refractivity contribution in [2.24, 2.45) is 5.92 Å². The molecule has 17 heteroatoms. The Morgan fingerprint density at radius 1 is 0.934 bits per heavy atom. The molecule has 0 radical (unpaired) electrons. The van der Waals surface area contributed by atoms with Gasteiger partial charge in [0.25, 0.3) is 17.7 Å². The number of carbonyl (C=O) groups excluding carboxylic acids is 5. The van der Waals surface area contributed by atoms with Gasteiger partial charge in [-0.2, -0.15) is 10.1 Å². The SMILES string of the molecule is [C-]#[N+]C[C@@H](C1CCCC1)n1cc(-c2nc(Nc3ccc(C(=O)NCCCN4CCN(c5ccc6c(c5)C(=O)N(C5CCC(=O)NC5=O)C6=O)CC4)cc3)nc3[nH]ccc23)cn1.